The van der Waals surface area contributed by atoms with Crippen LogP contribution >= 0.6 is 0 Å². The van der Waals surface area contributed by atoms with Crippen LogP contribution in [-0.2, 0) is 13.6 Å². The lowest BCUT2D eigenvalue weighted by Crippen LogP contribution is -2.34. The summed E-state index contributed by atoms with van der Waals surface area (Å²) in [6.45, 7) is 9.01. The predicted molar refractivity (Wildman–Crippen MR) is 79.2 cm³/mol. The lowest BCUT2D eigenvalue weighted by Gasteiger charge is -2.29. The molecular formula is C15H28N4. The van der Waals surface area contributed by atoms with Gasteiger partial charge in [0.15, 0.2) is 0 Å². The Morgan fingerprint density at radius 2 is 2.00 bits per heavy atom. The first-order valence-electron chi connectivity index (χ1n) is 7.48. The van der Waals surface area contributed by atoms with Crippen LogP contribution in [0.1, 0.15) is 43.9 Å². The lowest BCUT2D eigenvalue weighted by atomic mass is 9.97. The van der Waals surface area contributed by atoms with E-state index in [4.69, 9.17) is 0 Å². The van der Waals surface area contributed by atoms with Crippen molar-refractivity contribution in [3.63, 3.8) is 0 Å². The van der Waals surface area contributed by atoms with Crippen LogP contribution in [0.3, 0.4) is 0 Å². The highest BCUT2D eigenvalue weighted by Gasteiger charge is 2.17. The summed E-state index contributed by atoms with van der Waals surface area (Å²) in [4.78, 5) is 2.43. The van der Waals surface area contributed by atoms with Gasteiger partial charge in [-0.2, -0.15) is 5.10 Å². The van der Waals surface area contributed by atoms with Gasteiger partial charge >= 0.3 is 0 Å². The molecule has 4 heteroatoms. The molecule has 0 amide bonds. The molecule has 108 valence electrons. The highest BCUT2D eigenvalue weighted by atomic mass is 15.3. The summed E-state index contributed by atoms with van der Waals surface area (Å²) in [6.07, 6.45) is 4.80. The second-order valence-corrected chi connectivity index (χ2v) is 6.25. The first-order valence-corrected chi connectivity index (χ1v) is 7.48. The summed E-state index contributed by atoms with van der Waals surface area (Å²) in [5.74, 6) is 1.34. The molecule has 0 bridgehead atoms. The number of piperidine rings is 1. The van der Waals surface area contributed by atoms with Crippen molar-refractivity contribution in [2.45, 2.75) is 39.2 Å². The summed E-state index contributed by atoms with van der Waals surface area (Å²) in [7, 11) is 4.22. The monoisotopic (exact) mass is 264 g/mol. The van der Waals surface area contributed by atoms with Gasteiger partial charge in [-0.3, -0.25) is 4.68 Å². The Hall–Kier alpha value is -0.870. The fourth-order valence-corrected chi connectivity index (χ4v) is 2.85. The van der Waals surface area contributed by atoms with Gasteiger partial charge in [-0.05, 0) is 51.4 Å². The van der Waals surface area contributed by atoms with Gasteiger partial charge in [-0.25, -0.2) is 0 Å². The lowest BCUT2D eigenvalue weighted by molar-refractivity contribution is 0.216. The van der Waals surface area contributed by atoms with E-state index in [2.05, 4.69) is 42.4 Å². The van der Waals surface area contributed by atoms with E-state index in [1.807, 2.05) is 11.7 Å². The molecule has 0 unspecified atom stereocenters. The average Bonchev–Trinajstić information content (AvgIpc) is 2.73. The maximum absolute atomic E-state index is 4.56. The van der Waals surface area contributed by atoms with Crippen LogP contribution in [0.2, 0.25) is 0 Å². The fraction of sp³-hybridized carbons (Fsp3) is 0.800. The van der Waals surface area contributed by atoms with Crippen LogP contribution in [-0.4, -0.2) is 41.4 Å². The summed E-state index contributed by atoms with van der Waals surface area (Å²) in [5.41, 5.74) is 2.59. The van der Waals surface area contributed by atoms with Crippen molar-refractivity contribution in [1.29, 1.82) is 0 Å². The molecule has 0 aromatic carbocycles. The van der Waals surface area contributed by atoms with Gasteiger partial charge in [0.25, 0.3) is 0 Å². The molecule has 0 aliphatic carbocycles. The third kappa shape index (κ3) is 4.05. The molecule has 2 heterocycles. The Morgan fingerprint density at radius 3 is 2.63 bits per heavy atom. The van der Waals surface area contributed by atoms with E-state index in [0.29, 0.717) is 5.92 Å². The van der Waals surface area contributed by atoms with Crippen molar-refractivity contribution < 1.29 is 0 Å². The molecule has 1 aromatic rings. The standard InChI is InChI=1S/C15H28N4/c1-12(2)15-14(11-19(4)17-15)10-16-9-13-5-7-18(3)8-6-13/h11-13,16H,5-10H2,1-4H3. The Bertz CT molecular complexity index is 389. The maximum atomic E-state index is 4.56. The van der Waals surface area contributed by atoms with Crippen LogP contribution in [0.5, 0.6) is 0 Å². The summed E-state index contributed by atoms with van der Waals surface area (Å²) < 4.78 is 1.93. The van der Waals surface area contributed by atoms with E-state index < -0.39 is 0 Å². The molecule has 1 aliphatic heterocycles. The zero-order valence-electron chi connectivity index (χ0n) is 12.8. The number of nitrogens with one attached hydrogen (secondary N) is 1. The minimum absolute atomic E-state index is 0.501. The van der Waals surface area contributed by atoms with E-state index in [-0.39, 0.29) is 0 Å². The van der Waals surface area contributed by atoms with Crippen molar-refractivity contribution in [1.82, 2.24) is 20.0 Å². The predicted octanol–water partition coefficient (Wildman–Crippen LogP) is 1.97. The van der Waals surface area contributed by atoms with Crippen LogP contribution in [0.25, 0.3) is 0 Å². The number of aryl methyl sites for hydroxylation is 1. The van der Waals surface area contributed by atoms with Gasteiger partial charge in [0.2, 0.25) is 0 Å². The third-order valence-corrected chi connectivity index (χ3v) is 4.07. The second-order valence-electron chi connectivity index (χ2n) is 6.25. The first-order chi connectivity index (χ1) is 9.06. The molecule has 0 atom stereocenters. The number of likely N-dealkylation sites (tertiary alicyclic amines) is 1. The number of hydrogen-bond donors (Lipinski definition) is 1. The number of nitrogens with zero attached hydrogens (tertiary/aromatic N) is 3. The molecule has 4 nitrogen and oxygen atoms in total. The molecule has 0 spiro atoms. The van der Waals surface area contributed by atoms with E-state index in [9.17, 15) is 0 Å². The summed E-state index contributed by atoms with van der Waals surface area (Å²) in [5, 5.41) is 8.18. The zero-order valence-corrected chi connectivity index (χ0v) is 12.8. The van der Waals surface area contributed by atoms with Crippen molar-refractivity contribution in [3.8, 4) is 0 Å². The smallest absolute Gasteiger partial charge is 0.0694 e. The summed E-state index contributed by atoms with van der Waals surface area (Å²) in [6, 6.07) is 0. The molecule has 1 N–H and O–H groups in total. The maximum Gasteiger partial charge on any atom is 0.0694 e. The Labute approximate surface area is 117 Å². The van der Waals surface area contributed by atoms with Crippen LogP contribution in [0.4, 0.5) is 0 Å². The molecule has 1 fully saturated rings. The van der Waals surface area contributed by atoms with E-state index in [1.165, 1.54) is 37.2 Å². The Morgan fingerprint density at radius 1 is 1.32 bits per heavy atom. The zero-order chi connectivity index (χ0) is 13.8. The van der Waals surface area contributed by atoms with Crippen LogP contribution < -0.4 is 5.32 Å². The quantitative estimate of drug-likeness (QED) is 0.883. The molecule has 1 aromatic heterocycles. The highest BCUT2D eigenvalue weighted by molar-refractivity contribution is 5.19. The summed E-state index contributed by atoms with van der Waals surface area (Å²) >= 11 is 0. The number of rotatable bonds is 5. The minimum atomic E-state index is 0.501. The van der Waals surface area contributed by atoms with Gasteiger partial charge < -0.3 is 10.2 Å². The van der Waals surface area contributed by atoms with Crippen molar-refractivity contribution in [2.75, 3.05) is 26.7 Å². The van der Waals surface area contributed by atoms with Gasteiger partial charge in [-0.15, -0.1) is 0 Å². The molecular weight excluding hydrogens is 236 g/mol. The molecule has 2 rings (SSSR count). The molecule has 19 heavy (non-hydrogen) atoms. The first kappa shape index (κ1) is 14.5. The van der Waals surface area contributed by atoms with E-state index in [0.717, 1.165) is 19.0 Å². The van der Waals surface area contributed by atoms with Crippen LogP contribution in [0, 0.1) is 5.92 Å². The van der Waals surface area contributed by atoms with Crippen LogP contribution in [0.15, 0.2) is 6.20 Å². The number of aromatic nitrogens is 2. The molecule has 0 saturated carbocycles. The average molecular weight is 264 g/mol. The van der Waals surface area contributed by atoms with E-state index >= 15 is 0 Å². The second kappa shape index (κ2) is 6.53. The third-order valence-electron chi connectivity index (χ3n) is 4.07. The molecule has 0 radical (unpaired) electrons. The van der Waals surface area contributed by atoms with Gasteiger partial charge in [-0.1, -0.05) is 13.8 Å². The fourth-order valence-electron chi connectivity index (χ4n) is 2.85. The highest BCUT2D eigenvalue weighted by Crippen LogP contribution is 2.18. The SMILES string of the molecule is CC(C)c1nn(C)cc1CNCC1CCN(C)CC1. The van der Waals surface area contributed by atoms with Gasteiger partial charge in [0.05, 0.1) is 5.69 Å². The molecule has 1 saturated heterocycles. The Kier molecular flexibility index (Phi) is 4.99. The van der Waals surface area contributed by atoms with E-state index in [1.54, 1.807) is 0 Å². The topological polar surface area (TPSA) is 33.1 Å². The number of hydrogen-bond acceptors (Lipinski definition) is 3. The van der Waals surface area contributed by atoms with Gasteiger partial charge in [0.1, 0.15) is 0 Å². The minimum Gasteiger partial charge on any atom is -0.312 e. The van der Waals surface area contributed by atoms with Gasteiger partial charge in [0, 0.05) is 25.4 Å². The van der Waals surface area contributed by atoms with Crippen molar-refractivity contribution in [3.05, 3.63) is 17.5 Å². The largest absolute Gasteiger partial charge is 0.312 e. The Balaban J connectivity index is 1.79. The normalized spacial score (nSPS) is 18.4. The van der Waals surface area contributed by atoms with Crippen molar-refractivity contribution in [2.24, 2.45) is 13.0 Å². The molecule has 1 aliphatic rings. The van der Waals surface area contributed by atoms with Crippen molar-refractivity contribution >= 4 is 0 Å².